The number of hydrogen-bond donors (Lipinski definition) is 1. The van der Waals surface area contributed by atoms with Gasteiger partial charge in [0.1, 0.15) is 5.82 Å². The molecule has 1 N–H and O–H groups in total. The van der Waals surface area contributed by atoms with Crippen molar-refractivity contribution in [2.45, 2.75) is 5.25 Å². The molecule has 1 aromatic carbocycles. The highest BCUT2D eigenvalue weighted by Gasteiger charge is 2.29. The van der Waals surface area contributed by atoms with Crippen LogP contribution in [-0.4, -0.2) is 35.7 Å². The van der Waals surface area contributed by atoms with Crippen molar-refractivity contribution in [3.8, 4) is 11.5 Å². The van der Waals surface area contributed by atoms with Gasteiger partial charge >= 0.3 is 0 Å². The Morgan fingerprint density at radius 2 is 2.14 bits per heavy atom. The van der Waals surface area contributed by atoms with E-state index < -0.39 is 0 Å². The van der Waals surface area contributed by atoms with Crippen LogP contribution in [0.5, 0.6) is 11.5 Å². The predicted octanol–water partition coefficient (Wildman–Crippen LogP) is 2.21. The van der Waals surface area contributed by atoms with Gasteiger partial charge in [-0.25, -0.2) is 0 Å². The highest BCUT2D eigenvalue weighted by Crippen LogP contribution is 2.46. The number of amides is 1. The van der Waals surface area contributed by atoms with E-state index in [2.05, 4.69) is 10.4 Å². The normalized spacial score (nSPS) is 17.4. The molecule has 1 aromatic heterocycles. The lowest BCUT2D eigenvalue weighted by atomic mass is 10.0. The second kappa shape index (κ2) is 5.92. The molecule has 0 radical (unpaired) electrons. The Morgan fingerprint density at radius 3 is 2.86 bits per heavy atom. The quantitative estimate of drug-likeness (QED) is 0.939. The van der Waals surface area contributed by atoms with Crippen LogP contribution in [0.3, 0.4) is 0 Å². The van der Waals surface area contributed by atoms with E-state index in [-0.39, 0.29) is 11.2 Å². The minimum atomic E-state index is -0.0484. The molecular formula is C15H17N3O3S. The Morgan fingerprint density at radius 1 is 1.32 bits per heavy atom. The van der Waals surface area contributed by atoms with E-state index in [0.29, 0.717) is 17.3 Å². The summed E-state index contributed by atoms with van der Waals surface area (Å²) in [5.41, 5.74) is 1.93. The van der Waals surface area contributed by atoms with Crippen molar-refractivity contribution in [1.82, 2.24) is 9.78 Å². The van der Waals surface area contributed by atoms with Gasteiger partial charge in [0.15, 0.2) is 11.5 Å². The van der Waals surface area contributed by atoms with Crippen molar-refractivity contribution in [3.05, 3.63) is 35.5 Å². The van der Waals surface area contributed by atoms with Crippen LogP contribution in [0, 0.1) is 0 Å². The lowest BCUT2D eigenvalue weighted by Gasteiger charge is -2.19. The number of aryl methyl sites for hydroxylation is 1. The second-order valence-corrected chi connectivity index (χ2v) is 5.99. The number of nitrogens with one attached hydrogen (secondary N) is 1. The molecule has 116 valence electrons. The maximum Gasteiger partial charge on any atom is 0.235 e. The number of fused-ring (bicyclic) bond motifs is 1. The standard InChI is InChI=1S/C15H17N3O3S/c1-18-15-10(7-16-18)14(22-8-12(19)17-15)9-5-4-6-11(20-2)13(9)21-3/h4-7,14H,8H2,1-3H3,(H,17,19)/t14-/m1/s1. The summed E-state index contributed by atoms with van der Waals surface area (Å²) >= 11 is 1.55. The van der Waals surface area contributed by atoms with Crippen molar-refractivity contribution in [1.29, 1.82) is 0 Å². The molecule has 1 aliphatic rings. The minimum absolute atomic E-state index is 0.0285. The van der Waals surface area contributed by atoms with Crippen LogP contribution < -0.4 is 14.8 Å². The number of anilines is 1. The number of para-hydroxylation sites is 1. The number of rotatable bonds is 3. The number of benzene rings is 1. The van der Waals surface area contributed by atoms with Crippen LogP contribution in [0.15, 0.2) is 24.4 Å². The molecule has 1 aliphatic heterocycles. The summed E-state index contributed by atoms with van der Waals surface area (Å²) in [5.74, 6) is 2.44. The molecule has 2 heterocycles. The Kier molecular flexibility index (Phi) is 3.98. The fraction of sp³-hybridized carbons (Fsp3) is 0.333. The molecule has 0 fully saturated rings. The van der Waals surface area contributed by atoms with Gasteiger partial charge in [-0.3, -0.25) is 9.48 Å². The van der Waals surface area contributed by atoms with Crippen molar-refractivity contribution < 1.29 is 14.3 Å². The Hall–Kier alpha value is -2.15. The van der Waals surface area contributed by atoms with Gasteiger partial charge in [0, 0.05) is 18.2 Å². The summed E-state index contributed by atoms with van der Waals surface area (Å²) in [5, 5.41) is 7.12. The van der Waals surface area contributed by atoms with Crippen molar-refractivity contribution in [2.24, 2.45) is 7.05 Å². The van der Waals surface area contributed by atoms with Crippen LogP contribution in [-0.2, 0) is 11.8 Å². The Balaban J connectivity index is 2.14. The molecule has 1 atom stereocenters. The predicted molar refractivity (Wildman–Crippen MR) is 85.7 cm³/mol. The summed E-state index contributed by atoms with van der Waals surface area (Å²) < 4.78 is 12.6. The number of thioether (sulfide) groups is 1. The van der Waals surface area contributed by atoms with Crippen molar-refractivity contribution >= 4 is 23.5 Å². The first kappa shape index (κ1) is 14.8. The Labute approximate surface area is 132 Å². The van der Waals surface area contributed by atoms with E-state index in [1.807, 2.05) is 25.2 Å². The molecule has 0 aliphatic carbocycles. The van der Waals surface area contributed by atoms with Crippen molar-refractivity contribution in [2.75, 3.05) is 25.3 Å². The lowest BCUT2D eigenvalue weighted by Crippen LogP contribution is -2.15. The average Bonchev–Trinajstić information content (AvgIpc) is 2.79. The molecule has 2 aromatic rings. The summed E-state index contributed by atoms with van der Waals surface area (Å²) in [6.07, 6.45) is 1.79. The molecule has 0 spiro atoms. The third kappa shape index (κ3) is 2.41. The molecule has 0 unspecified atom stereocenters. The molecule has 22 heavy (non-hydrogen) atoms. The highest BCUT2D eigenvalue weighted by atomic mass is 32.2. The first-order valence-corrected chi connectivity index (χ1v) is 7.84. The minimum Gasteiger partial charge on any atom is -0.493 e. The van der Waals surface area contributed by atoms with E-state index in [0.717, 1.165) is 16.9 Å². The van der Waals surface area contributed by atoms with Crippen LogP contribution in [0.25, 0.3) is 0 Å². The van der Waals surface area contributed by atoms with Crippen LogP contribution >= 0.6 is 11.8 Å². The van der Waals surface area contributed by atoms with Crippen LogP contribution in [0.2, 0.25) is 0 Å². The van der Waals surface area contributed by atoms with E-state index in [4.69, 9.17) is 9.47 Å². The number of ether oxygens (including phenoxy) is 2. The topological polar surface area (TPSA) is 65.4 Å². The van der Waals surface area contributed by atoms with Crippen LogP contribution in [0.4, 0.5) is 5.82 Å². The SMILES string of the molecule is COc1cccc([C@H]2SCC(=O)Nc3c2cnn3C)c1OC. The van der Waals surface area contributed by atoms with Gasteiger partial charge in [-0.15, -0.1) is 11.8 Å². The fourth-order valence-electron chi connectivity index (χ4n) is 2.59. The third-order valence-corrected chi connectivity index (χ3v) is 4.87. The van der Waals surface area contributed by atoms with Crippen LogP contribution in [0.1, 0.15) is 16.4 Å². The zero-order valence-electron chi connectivity index (χ0n) is 12.6. The number of methoxy groups -OCH3 is 2. The molecular weight excluding hydrogens is 302 g/mol. The summed E-state index contributed by atoms with van der Waals surface area (Å²) in [6.45, 7) is 0. The fourth-order valence-corrected chi connectivity index (χ4v) is 3.70. The van der Waals surface area contributed by atoms with Gasteiger partial charge in [-0.2, -0.15) is 5.10 Å². The van der Waals surface area contributed by atoms with Gasteiger partial charge in [0.25, 0.3) is 0 Å². The van der Waals surface area contributed by atoms with Gasteiger partial charge in [-0.05, 0) is 6.07 Å². The summed E-state index contributed by atoms with van der Waals surface area (Å²) in [4.78, 5) is 11.9. The molecule has 0 saturated carbocycles. The first-order valence-electron chi connectivity index (χ1n) is 6.80. The molecule has 0 bridgehead atoms. The van der Waals surface area contributed by atoms with E-state index in [1.165, 1.54) is 0 Å². The summed E-state index contributed by atoms with van der Waals surface area (Å²) in [6, 6.07) is 5.77. The maximum absolute atomic E-state index is 11.9. The second-order valence-electron chi connectivity index (χ2n) is 4.89. The monoisotopic (exact) mass is 319 g/mol. The van der Waals surface area contributed by atoms with Gasteiger partial charge < -0.3 is 14.8 Å². The maximum atomic E-state index is 11.9. The number of hydrogen-bond acceptors (Lipinski definition) is 5. The lowest BCUT2D eigenvalue weighted by molar-refractivity contribution is -0.113. The number of carbonyl (C=O) groups excluding carboxylic acids is 1. The van der Waals surface area contributed by atoms with E-state index in [9.17, 15) is 4.79 Å². The largest absolute Gasteiger partial charge is 0.493 e. The highest BCUT2D eigenvalue weighted by molar-refractivity contribution is 8.00. The van der Waals surface area contributed by atoms with Crippen molar-refractivity contribution in [3.63, 3.8) is 0 Å². The average molecular weight is 319 g/mol. The number of nitrogens with zero attached hydrogens (tertiary/aromatic N) is 2. The van der Waals surface area contributed by atoms with Gasteiger partial charge in [0.05, 0.1) is 31.4 Å². The van der Waals surface area contributed by atoms with Gasteiger partial charge in [-0.1, -0.05) is 12.1 Å². The van der Waals surface area contributed by atoms with E-state index >= 15 is 0 Å². The molecule has 1 amide bonds. The Bertz CT molecular complexity index is 714. The number of carbonyl (C=O) groups is 1. The molecule has 6 nitrogen and oxygen atoms in total. The molecule has 0 saturated heterocycles. The van der Waals surface area contributed by atoms with Gasteiger partial charge in [0.2, 0.25) is 5.91 Å². The molecule has 3 rings (SSSR count). The zero-order valence-corrected chi connectivity index (χ0v) is 13.4. The molecule has 7 heteroatoms. The zero-order chi connectivity index (χ0) is 15.7. The smallest absolute Gasteiger partial charge is 0.235 e. The first-order chi connectivity index (χ1) is 10.7. The van der Waals surface area contributed by atoms with E-state index in [1.54, 1.807) is 36.9 Å². The third-order valence-electron chi connectivity index (χ3n) is 3.60. The number of aromatic nitrogens is 2. The summed E-state index contributed by atoms with van der Waals surface area (Å²) in [7, 11) is 5.05.